The number of aromatic amines is 2. The van der Waals surface area contributed by atoms with Gasteiger partial charge in [0.25, 0.3) is 0 Å². The topological polar surface area (TPSA) is 304 Å². The first kappa shape index (κ1) is 35.9. The largest absolute Gasteiger partial charge is 2.00 e. The van der Waals surface area contributed by atoms with E-state index in [-0.39, 0.29) is 27.7 Å². The van der Waals surface area contributed by atoms with Gasteiger partial charge in [-0.25, -0.2) is 19.6 Å². The number of nitrogens with one attached hydrogen (secondary N) is 2. The SMILES string of the molecule is C(=C\c1ccncc1)/c1ccncc1.O=C([O-])c1nc[nH]c1C(=O)O.O=C([O-])c1nc[nH]c1C(=O)O.[Co+2].[OH3+].[OH3+]. The molecule has 0 atom stereocenters. The average Bonchev–Trinajstić information content (AvgIpc) is 3.55. The van der Waals surface area contributed by atoms with Crippen molar-refractivity contribution in [1.82, 2.24) is 29.9 Å². The predicted octanol–water partition coefficient (Wildman–Crippen LogP) is -2.26. The third-order valence-electron chi connectivity index (χ3n) is 3.97. The average molecular weight is 589 g/mol. The van der Waals surface area contributed by atoms with Gasteiger partial charge < -0.3 is 50.9 Å². The molecule has 4 aromatic heterocycles. The van der Waals surface area contributed by atoms with Crippen LogP contribution in [0.3, 0.4) is 0 Å². The molecule has 0 aliphatic rings. The van der Waals surface area contributed by atoms with E-state index in [0.717, 1.165) is 23.8 Å². The number of aromatic carboxylic acids is 4. The van der Waals surface area contributed by atoms with Crippen molar-refractivity contribution in [2.75, 3.05) is 0 Å². The van der Waals surface area contributed by atoms with Gasteiger partial charge in [-0.2, -0.15) is 0 Å². The number of aromatic nitrogens is 6. The zero-order valence-electron chi connectivity index (χ0n) is 19.5. The second kappa shape index (κ2) is 18.1. The summed E-state index contributed by atoms with van der Waals surface area (Å²) in [7, 11) is 0. The number of H-pyrrole nitrogens is 2. The van der Waals surface area contributed by atoms with Crippen LogP contribution < -0.4 is 10.2 Å². The molecule has 17 heteroatoms. The van der Waals surface area contributed by atoms with Gasteiger partial charge in [0, 0.05) is 24.8 Å². The molecule has 4 rings (SSSR count). The van der Waals surface area contributed by atoms with Gasteiger partial charge in [-0.3, -0.25) is 9.97 Å². The molecule has 39 heavy (non-hydrogen) atoms. The number of hydrogen-bond donors (Lipinski definition) is 4. The number of pyridine rings is 2. The maximum atomic E-state index is 10.2. The van der Waals surface area contributed by atoms with Crippen LogP contribution in [0, 0.1) is 0 Å². The molecule has 0 saturated heterocycles. The molecular weight excluding hydrogens is 567 g/mol. The summed E-state index contributed by atoms with van der Waals surface area (Å²) in [5.74, 6) is -5.96. The number of carbonyl (C=O) groups excluding carboxylic acids is 2. The molecule has 16 nitrogen and oxygen atoms in total. The van der Waals surface area contributed by atoms with Crippen molar-refractivity contribution in [1.29, 1.82) is 0 Å². The fraction of sp³-hybridized carbons (Fsp3) is 0. The van der Waals surface area contributed by atoms with Gasteiger partial charge in [0.05, 0.1) is 24.6 Å². The molecule has 0 aromatic carbocycles. The molecule has 0 fully saturated rings. The van der Waals surface area contributed by atoms with E-state index in [9.17, 15) is 29.4 Å². The summed E-state index contributed by atoms with van der Waals surface area (Å²) >= 11 is 0. The molecule has 1 radical (unpaired) electrons. The predicted molar refractivity (Wildman–Crippen MR) is 127 cm³/mol. The third-order valence-corrected chi connectivity index (χ3v) is 3.97. The van der Waals surface area contributed by atoms with Crippen molar-refractivity contribution < 1.29 is 67.3 Å². The Labute approximate surface area is 229 Å². The van der Waals surface area contributed by atoms with Crippen molar-refractivity contribution in [3.8, 4) is 0 Å². The van der Waals surface area contributed by atoms with Gasteiger partial charge in [0.15, 0.2) is 11.4 Å². The molecule has 4 heterocycles. The van der Waals surface area contributed by atoms with E-state index >= 15 is 0 Å². The van der Waals surface area contributed by atoms with Gasteiger partial charge in [-0.1, -0.05) is 12.2 Å². The van der Waals surface area contributed by atoms with Crippen LogP contribution in [-0.2, 0) is 27.7 Å². The van der Waals surface area contributed by atoms with Crippen LogP contribution in [0.2, 0.25) is 0 Å². The molecule has 207 valence electrons. The van der Waals surface area contributed by atoms with Crippen LogP contribution in [-0.4, -0.2) is 64.0 Å². The molecule has 0 spiro atoms. The Bertz CT molecular complexity index is 1200. The van der Waals surface area contributed by atoms with E-state index in [4.69, 9.17) is 10.2 Å². The quantitative estimate of drug-likeness (QED) is 0.173. The third kappa shape index (κ3) is 11.6. The van der Waals surface area contributed by atoms with Gasteiger partial charge >= 0.3 is 28.7 Å². The van der Waals surface area contributed by atoms with Crippen molar-refractivity contribution in [3.63, 3.8) is 0 Å². The standard InChI is InChI=1S/C12H10N2.2C5H4N2O4.Co.2H2O/c1(11-3-7-13-8-4-11)2-12-5-9-14-10-6-12;2*8-4(9)2-3(5(10)11)7-1-6-2;;;/h1-10H;2*1H,(H,6,7)(H,8,9)(H,10,11);;2*1H2/q;;;+2;;/b2-1+;;;;;. The first-order valence-electron chi connectivity index (χ1n) is 9.64. The summed E-state index contributed by atoms with van der Waals surface area (Å²) in [4.78, 5) is 59.4. The Kier molecular flexibility index (Phi) is 16.7. The van der Waals surface area contributed by atoms with Crippen molar-refractivity contribution in [3.05, 3.63) is 95.6 Å². The monoisotopic (exact) mass is 589 g/mol. The minimum absolute atomic E-state index is 0. The molecular formula is C22H22CoN6O10+2. The number of nitrogens with zero attached hydrogens (tertiary/aromatic N) is 4. The summed E-state index contributed by atoms with van der Waals surface area (Å²) < 4.78 is 0. The first-order chi connectivity index (χ1) is 17.2. The fourth-order valence-corrected chi connectivity index (χ4v) is 2.37. The molecule has 4 aromatic rings. The van der Waals surface area contributed by atoms with Gasteiger partial charge in [-0.05, 0) is 35.4 Å². The van der Waals surface area contributed by atoms with Crippen LogP contribution in [0.1, 0.15) is 53.1 Å². The molecule has 0 saturated carbocycles. The van der Waals surface area contributed by atoms with Gasteiger partial charge in [0.1, 0.15) is 11.4 Å². The summed E-state index contributed by atoms with van der Waals surface area (Å²) in [6.07, 6.45) is 13.2. The Balaban J connectivity index is 0. The van der Waals surface area contributed by atoms with Crippen molar-refractivity contribution in [2.45, 2.75) is 0 Å². The maximum absolute atomic E-state index is 10.2. The van der Waals surface area contributed by atoms with E-state index in [1.807, 2.05) is 24.3 Å². The van der Waals surface area contributed by atoms with Crippen LogP contribution in [0.4, 0.5) is 0 Å². The summed E-state index contributed by atoms with van der Waals surface area (Å²) in [6.45, 7) is 0. The second-order valence-corrected chi connectivity index (χ2v) is 6.33. The van der Waals surface area contributed by atoms with Crippen LogP contribution >= 0.6 is 0 Å². The van der Waals surface area contributed by atoms with Crippen molar-refractivity contribution >= 4 is 36.0 Å². The summed E-state index contributed by atoms with van der Waals surface area (Å²) in [5.41, 5.74) is 0.193. The fourth-order valence-electron chi connectivity index (χ4n) is 2.37. The number of rotatable bonds is 6. The first-order valence-corrected chi connectivity index (χ1v) is 9.64. The molecule has 0 bridgehead atoms. The molecule has 0 aliphatic carbocycles. The van der Waals surface area contributed by atoms with Crippen LogP contribution in [0.15, 0.2) is 61.7 Å². The van der Waals surface area contributed by atoms with E-state index in [1.54, 1.807) is 24.8 Å². The molecule has 0 aliphatic heterocycles. The second-order valence-electron chi connectivity index (χ2n) is 6.33. The molecule has 0 amide bonds. The summed E-state index contributed by atoms with van der Waals surface area (Å²) in [6, 6.07) is 7.88. The van der Waals surface area contributed by atoms with Gasteiger partial charge in [-0.15, -0.1) is 0 Å². The normalized spacial score (nSPS) is 9.13. The Morgan fingerprint density at radius 1 is 0.667 bits per heavy atom. The number of hydrogen-bond acceptors (Lipinski definition) is 10. The zero-order chi connectivity index (χ0) is 26.5. The smallest absolute Gasteiger partial charge is 0.543 e. The zero-order valence-corrected chi connectivity index (χ0v) is 20.6. The van der Waals surface area contributed by atoms with Gasteiger partial charge in [0.2, 0.25) is 0 Å². The number of carbonyl (C=O) groups is 4. The van der Waals surface area contributed by atoms with E-state index in [0.29, 0.717) is 0 Å². The Morgan fingerprint density at radius 2 is 0.974 bits per heavy atom. The van der Waals surface area contributed by atoms with Crippen LogP contribution in [0.5, 0.6) is 0 Å². The van der Waals surface area contributed by atoms with E-state index < -0.39 is 46.7 Å². The Hall–Kier alpha value is -5.23. The Morgan fingerprint density at radius 3 is 1.21 bits per heavy atom. The number of carboxylic acid groups (broad SMARTS) is 4. The van der Waals surface area contributed by atoms with E-state index in [2.05, 4.69) is 42.1 Å². The maximum Gasteiger partial charge on any atom is 2.00 e. The number of carboxylic acids is 4. The number of imidazole rings is 2. The van der Waals surface area contributed by atoms with Crippen LogP contribution in [0.25, 0.3) is 12.2 Å². The molecule has 10 N–H and O–H groups in total. The molecule has 0 unspecified atom stereocenters. The summed E-state index contributed by atoms with van der Waals surface area (Å²) in [5, 5.41) is 36.9. The minimum Gasteiger partial charge on any atom is -0.543 e. The minimum atomic E-state index is -1.61. The van der Waals surface area contributed by atoms with Crippen molar-refractivity contribution in [2.24, 2.45) is 0 Å². The van der Waals surface area contributed by atoms with E-state index in [1.165, 1.54) is 0 Å².